The summed E-state index contributed by atoms with van der Waals surface area (Å²) in [6.45, 7) is 5.50. The van der Waals surface area contributed by atoms with Gasteiger partial charge in [0, 0.05) is 19.6 Å². The molecule has 1 aromatic rings. The molecule has 0 aromatic heterocycles. The van der Waals surface area contributed by atoms with E-state index in [-0.39, 0.29) is 10.4 Å². The predicted molar refractivity (Wildman–Crippen MR) is 94.1 cm³/mol. The minimum atomic E-state index is -0.0817. The second-order valence-electron chi connectivity index (χ2n) is 5.17. The highest BCUT2D eigenvalue weighted by Gasteiger charge is 2.37. The van der Waals surface area contributed by atoms with Gasteiger partial charge in [-0.25, -0.2) is 0 Å². The summed E-state index contributed by atoms with van der Waals surface area (Å²) >= 11 is 4.18. The SMILES string of the molecule is CCOC(CC1(Cc2ccccc2)SCCCS1)OCC. The van der Waals surface area contributed by atoms with Gasteiger partial charge in [0.25, 0.3) is 0 Å². The molecule has 0 bridgehead atoms. The zero-order valence-corrected chi connectivity index (χ0v) is 14.7. The fourth-order valence-electron chi connectivity index (χ4n) is 2.61. The van der Waals surface area contributed by atoms with E-state index in [1.165, 1.54) is 23.5 Å². The molecular weight excluding hydrogens is 300 g/mol. The summed E-state index contributed by atoms with van der Waals surface area (Å²) in [4.78, 5) is 0. The van der Waals surface area contributed by atoms with E-state index in [2.05, 4.69) is 53.9 Å². The molecule has 4 heteroatoms. The third-order valence-corrected chi connectivity index (χ3v) is 6.88. The van der Waals surface area contributed by atoms with Gasteiger partial charge in [-0.05, 0) is 43.8 Å². The number of rotatable bonds is 8. The quantitative estimate of drug-likeness (QED) is 0.650. The van der Waals surface area contributed by atoms with E-state index >= 15 is 0 Å². The van der Waals surface area contributed by atoms with Crippen molar-refractivity contribution in [2.75, 3.05) is 24.7 Å². The minimum absolute atomic E-state index is 0.0817. The van der Waals surface area contributed by atoms with E-state index in [1.807, 2.05) is 13.8 Å². The molecule has 0 radical (unpaired) electrons. The highest BCUT2D eigenvalue weighted by molar-refractivity contribution is 8.18. The lowest BCUT2D eigenvalue weighted by atomic mass is 10.1. The molecule has 0 aliphatic carbocycles. The molecule has 1 aliphatic rings. The Balaban J connectivity index is 2.08. The number of hydrogen-bond donors (Lipinski definition) is 0. The molecule has 118 valence electrons. The van der Waals surface area contributed by atoms with Crippen molar-refractivity contribution in [1.29, 1.82) is 0 Å². The van der Waals surface area contributed by atoms with Gasteiger partial charge in [-0.2, -0.15) is 0 Å². The van der Waals surface area contributed by atoms with Crippen LogP contribution in [-0.2, 0) is 15.9 Å². The van der Waals surface area contributed by atoms with Crippen molar-refractivity contribution in [1.82, 2.24) is 0 Å². The summed E-state index contributed by atoms with van der Waals surface area (Å²) in [5.74, 6) is 2.48. The largest absolute Gasteiger partial charge is 0.353 e. The van der Waals surface area contributed by atoms with Gasteiger partial charge in [-0.3, -0.25) is 0 Å². The van der Waals surface area contributed by atoms with Crippen LogP contribution in [-0.4, -0.2) is 35.1 Å². The van der Waals surface area contributed by atoms with Crippen LogP contribution in [0.15, 0.2) is 30.3 Å². The topological polar surface area (TPSA) is 18.5 Å². The molecule has 1 fully saturated rings. The van der Waals surface area contributed by atoms with Crippen LogP contribution in [0.3, 0.4) is 0 Å². The molecule has 21 heavy (non-hydrogen) atoms. The molecule has 1 aliphatic heterocycles. The number of hydrogen-bond acceptors (Lipinski definition) is 4. The molecule has 2 nitrogen and oxygen atoms in total. The zero-order valence-electron chi connectivity index (χ0n) is 13.0. The Bertz CT molecular complexity index is 385. The first-order chi connectivity index (χ1) is 10.3. The lowest BCUT2D eigenvalue weighted by Crippen LogP contribution is -2.35. The monoisotopic (exact) mass is 326 g/mol. The highest BCUT2D eigenvalue weighted by atomic mass is 32.2. The third-order valence-electron chi connectivity index (χ3n) is 3.52. The van der Waals surface area contributed by atoms with Crippen molar-refractivity contribution < 1.29 is 9.47 Å². The van der Waals surface area contributed by atoms with E-state index in [0.29, 0.717) is 13.2 Å². The molecule has 2 rings (SSSR count). The van der Waals surface area contributed by atoms with Crippen molar-refractivity contribution >= 4 is 23.5 Å². The molecule has 0 atom stereocenters. The molecule has 0 N–H and O–H groups in total. The van der Waals surface area contributed by atoms with E-state index in [0.717, 1.165) is 12.8 Å². The summed E-state index contributed by atoms with van der Waals surface area (Å²) in [7, 11) is 0. The fraction of sp³-hybridized carbons (Fsp3) is 0.647. The first-order valence-corrected chi connectivity index (χ1v) is 9.80. The summed E-state index contributed by atoms with van der Waals surface area (Å²) in [6.07, 6.45) is 3.26. The standard InChI is InChI=1S/C17H26O2S2/c1-3-18-16(19-4-2)14-17(20-11-8-12-21-17)13-15-9-6-5-7-10-15/h5-7,9-10,16H,3-4,8,11-14H2,1-2H3. The van der Waals surface area contributed by atoms with E-state index in [1.54, 1.807) is 0 Å². The summed E-state index contributed by atoms with van der Waals surface area (Å²) in [5, 5.41) is 0. The number of benzene rings is 1. The van der Waals surface area contributed by atoms with Crippen LogP contribution in [0, 0.1) is 0 Å². The second-order valence-corrected chi connectivity index (χ2v) is 8.38. The summed E-state index contributed by atoms with van der Waals surface area (Å²) in [6, 6.07) is 10.8. The van der Waals surface area contributed by atoms with Crippen LogP contribution in [0.2, 0.25) is 0 Å². The van der Waals surface area contributed by atoms with Gasteiger partial charge < -0.3 is 9.47 Å². The maximum Gasteiger partial charge on any atom is 0.159 e. The Morgan fingerprint density at radius 2 is 1.67 bits per heavy atom. The summed E-state index contributed by atoms with van der Waals surface area (Å²) < 4.78 is 11.8. The third kappa shape index (κ3) is 5.51. The Hall–Kier alpha value is -0.160. The van der Waals surface area contributed by atoms with Gasteiger partial charge in [0.15, 0.2) is 6.29 Å². The molecule has 0 unspecified atom stereocenters. The molecular formula is C17H26O2S2. The van der Waals surface area contributed by atoms with Crippen LogP contribution in [0.25, 0.3) is 0 Å². The minimum Gasteiger partial charge on any atom is -0.353 e. The average Bonchev–Trinajstić information content (AvgIpc) is 2.49. The maximum atomic E-state index is 5.80. The number of ether oxygens (including phenoxy) is 2. The Morgan fingerprint density at radius 3 is 2.24 bits per heavy atom. The first-order valence-electron chi connectivity index (χ1n) is 7.83. The Kier molecular flexibility index (Phi) is 7.44. The zero-order chi connectivity index (χ0) is 15.0. The molecule has 1 heterocycles. The van der Waals surface area contributed by atoms with Crippen molar-refractivity contribution in [3.05, 3.63) is 35.9 Å². The van der Waals surface area contributed by atoms with Crippen molar-refractivity contribution in [3.63, 3.8) is 0 Å². The van der Waals surface area contributed by atoms with Gasteiger partial charge in [-0.15, -0.1) is 23.5 Å². The molecule has 1 aromatic carbocycles. The van der Waals surface area contributed by atoms with Gasteiger partial charge in [-0.1, -0.05) is 30.3 Å². The van der Waals surface area contributed by atoms with E-state index < -0.39 is 0 Å². The Labute approximate surface area is 137 Å². The van der Waals surface area contributed by atoms with Crippen molar-refractivity contribution in [3.8, 4) is 0 Å². The normalized spacial score (nSPS) is 18.0. The lowest BCUT2D eigenvalue weighted by Gasteiger charge is -2.38. The van der Waals surface area contributed by atoms with Crippen molar-refractivity contribution in [2.24, 2.45) is 0 Å². The van der Waals surface area contributed by atoms with Crippen LogP contribution >= 0.6 is 23.5 Å². The van der Waals surface area contributed by atoms with Crippen LogP contribution in [0.1, 0.15) is 32.3 Å². The molecule has 0 spiro atoms. The molecule has 1 saturated heterocycles. The Morgan fingerprint density at radius 1 is 1.05 bits per heavy atom. The maximum absolute atomic E-state index is 5.80. The first kappa shape index (κ1) is 17.2. The molecule has 0 saturated carbocycles. The van der Waals surface area contributed by atoms with Gasteiger partial charge in [0.1, 0.15) is 0 Å². The predicted octanol–water partition coefficient (Wildman–Crippen LogP) is 4.58. The van der Waals surface area contributed by atoms with E-state index in [9.17, 15) is 0 Å². The van der Waals surface area contributed by atoms with Gasteiger partial charge in [0.05, 0.1) is 4.08 Å². The van der Waals surface area contributed by atoms with Crippen molar-refractivity contribution in [2.45, 2.75) is 43.5 Å². The second kappa shape index (κ2) is 9.09. The summed E-state index contributed by atoms with van der Waals surface area (Å²) in [5.41, 5.74) is 1.41. The van der Waals surface area contributed by atoms with Crippen LogP contribution in [0.5, 0.6) is 0 Å². The van der Waals surface area contributed by atoms with Gasteiger partial charge in [0.2, 0.25) is 0 Å². The number of thioether (sulfide) groups is 2. The smallest absolute Gasteiger partial charge is 0.159 e. The fourth-order valence-corrected chi connectivity index (χ4v) is 5.99. The van der Waals surface area contributed by atoms with E-state index in [4.69, 9.17) is 9.47 Å². The lowest BCUT2D eigenvalue weighted by molar-refractivity contribution is -0.140. The van der Waals surface area contributed by atoms with Crippen LogP contribution < -0.4 is 0 Å². The van der Waals surface area contributed by atoms with Crippen LogP contribution in [0.4, 0.5) is 0 Å². The average molecular weight is 327 g/mol. The highest BCUT2D eigenvalue weighted by Crippen LogP contribution is 2.48. The van der Waals surface area contributed by atoms with Gasteiger partial charge >= 0.3 is 0 Å². The molecule has 0 amide bonds.